The molecule has 3 aromatic heterocycles. The molecule has 0 atom stereocenters. The minimum atomic E-state index is 0.853. The van der Waals surface area contributed by atoms with Crippen molar-refractivity contribution in [2.45, 2.75) is 0 Å². The molecule has 4 nitrogen and oxygen atoms in total. The van der Waals surface area contributed by atoms with Gasteiger partial charge >= 0.3 is 0 Å². The van der Waals surface area contributed by atoms with Crippen LogP contribution in [0.4, 0.5) is 17.1 Å². The van der Waals surface area contributed by atoms with Crippen LogP contribution >= 0.6 is 0 Å². The zero-order chi connectivity index (χ0) is 34.2. The number of para-hydroxylation sites is 3. The zero-order valence-electron chi connectivity index (χ0n) is 27.9. The van der Waals surface area contributed by atoms with Crippen LogP contribution in [0, 0.1) is 0 Å². The molecule has 0 aliphatic rings. The van der Waals surface area contributed by atoms with Gasteiger partial charge in [-0.05, 0) is 83.4 Å². The van der Waals surface area contributed by atoms with Gasteiger partial charge in [0.05, 0.1) is 16.8 Å². The lowest BCUT2D eigenvalue weighted by molar-refractivity contribution is 0.663. The molecule has 11 rings (SSSR count). The molecule has 4 heteroatoms. The summed E-state index contributed by atoms with van der Waals surface area (Å²) in [5.74, 6) is 0. The summed E-state index contributed by atoms with van der Waals surface area (Å²) in [4.78, 5) is 2.36. The van der Waals surface area contributed by atoms with Gasteiger partial charge in [-0.25, -0.2) is 0 Å². The fourth-order valence-corrected chi connectivity index (χ4v) is 7.94. The van der Waals surface area contributed by atoms with Crippen LogP contribution in [0.5, 0.6) is 0 Å². The predicted octanol–water partition coefficient (Wildman–Crippen LogP) is 14.2. The Hall–Kier alpha value is -7.04. The van der Waals surface area contributed by atoms with Crippen LogP contribution in [0.15, 0.2) is 189 Å². The van der Waals surface area contributed by atoms with Crippen molar-refractivity contribution in [3.8, 4) is 22.3 Å². The number of hydrogen-bond donors (Lipinski definition) is 0. The maximum Gasteiger partial charge on any atom is 0.137 e. The summed E-state index contributed by atoms with van der Waals surface area (Å²) in [6.07, 6.45) is 0. The minimum absolute atomic E-state index is 0.853. The molecule has 0 saturated carbocycles. The second-order valence-corrected chi connectivity index (χ2v) is 13.2. The van der Waals surface area contributed by atoms with E-state index in [-0.39, 0.29) is 0 Å². The Morgan fingerprint density at radius 2 is 0.846 bits per heavy atom. The van der Waals surface area contributed by atoms with E-state index >= 15 is 0 Å². The summed E-state index contributed by atoms with van der Waals surface area (Å²) >= 11 is 0. The standard InChI is InChI=1S/C48H29NO3/c1-2-11-31(12-3-1)34-13-4-7-16-38(34)49(39-17-10-20-42-46(39)35-14-5-8-18-40(35)50-42)33-24-21-30(22-25-33)32-23-26-37-45(29-32)52-44-28-27-43-47(48(37)44)36-15-6-9-19-41(36)51-43/h1-29H. The topological polar surface area (TPSA) is 42.7 Å². The summed E-state index contributed by atoms with van der Waals surface area (Å²) in [6.45, 7) is 0. The fraction of sp³-hybridized carbons (Fsp3) is 0. The number of nitrogens with zero attached hydrogens (tertiary/aromatic N) is 1. The van der Waals surface area contributed by atoms with E-state index in [1.54, 1.807) is 0 Å². The third-order valence-electron chi connectivity index (χ3n) is 10.3. The summed E-state index contributed by atoms with van der Waals surface area (Å²) < 4.78 is 19.0. The van der Waals surface area contributed by atoms with Crippen LogP contribution in [-0.4, -0.2) is 0 Å². The number of furan rings is 3. The summed E-state index contributed by atoms with van der Waals surface area (Å²) in [5, 5.41) is 6.54. The van der Waals surface area contributed by atoms with Gasteiger partial charge in [0, 0.05) is 38.2 Å². The largest absolute Gasteiger partial charge is 0.456 e. The third-order valence-corrected chi connectivity index (χ3v) is 10.3. The number of anilines is 3. The first-order valence-electron chi connectivity index (χ1n) is 17.5. The van der Waals surface area contributed by atoms with E-state index in [2.05, 4.69) is 144 Å². The zero-order valence-corrected chi connectivity index (χ0v) is 27.9. The molecule has 0 spiro atoms. The average Bonchev–Trinajstić information content (AvgIpc) is 3.90. The van der Waals surface area contributed by atoms with Crippen molar-refractivity contribution < 1.29 is 13.3 Å². The average molecular weight is 668 g/mol. The van der Waals surface area contributed by atoms with Gasteiger partial charge in [-0.15, -0.1) is 0 Å². The predicted molar refractivity (Wildman–Crippen MR) is 214 cm³/mol. The maximum atomic E-state index is 6.48. The van der Waals surface area contributed by atoms with E-state index in [1.807, 2.05) is 36.4 Å². The molecule has 0 bridgehead atoms. The smallest absolute Gasteiger partial charge is 0.137 e. The molecule has 11 aromatic rings. The molecule has 244 valence electrons. The highest BCUT2D eigenvalue weighted by Crippen LogP contribution is 2.46. The number of rotatable bonds is 5. The Labute approximate surface area is 298 Å². The molecule has 52 heavy (non-hydrogen) atoms. The first kappa shape index (κ1) is 28.8. The van der Waals surface area contributed by atoms with Crippen molar-refractivity contribution in [2.24, 2.45) is 0 Å². The number of hydrogen-bond acceptors (Lipinski definition) is 4. The number of benzene rings is 8. The van der Waals surface area contributed by atoms with Gasteiger partial charge in [-0.2, -0.15) is 0 Å². The summed E-state index contributed by atoms with van der Waals surface area (Å²) in [6, 6.07) is 61.4. The quantitative estimate of drug-likeness (QED) is 0.183. The van der Waals surface area contributed by atoms with Crippen LogP contribution in [0.3, 0.4) is 0 Å². The normalized spacial score (nSPS) is 11.8. The third kappa shape index (κ3) is 4.34. The highest BCUT2D eigenvalue weighted by atomic mass is 16.3. The molecular formula is C48H29NO3. The molecule has 0 radical (unpaired) electrons. The van der Waals surface area contributed by atoms with Crippen molar-refractivity contribution in [3.05, 3.63) is 176 Å². The fourth-order valence-electron chi connectivity index (χ4n) is 7.94. The van der Waals surface area contributed by atoms with E-state index in [1.165, 1.54) is 0 Å². The van der Waals surface area contributed by atoms with Gasteiger partial charge in [0.2, 0.25) is 0 Å². The monoisotopic (exact) mass is 667 g/mol. The molecule has 0 saturated heterocycles. The molecule has 0 amide bonds. The van der Waals surface area contributed by atoms with Crippen LogP contribution in [0.2, 0.25) is 0 Å². The van der Waals surface area contributed by atoms with Crippen LogP contribution < -0.4 is 4.90 Å². The van der Waals surface area contributed by atoms with E-state index in [0.717, 1.165) is 105 Å². The first-order chi connectivity index (χ1) is 25.8. The molecule has 0 N–H and O–H groups in total. The van der Waals surface area contributed by atoms with E-state index in [9.17, 15) is 0 Å². The molecule has 0 aliphatic heterocycles. The van der Waals surface area contributed by atoms with Gasteiger partial charge in [-0.3, -0.25) is 0 Å². The lowest BCUT2D eigenvalue weighted by Crippen LogP contribution is -2.11. The van der Waals surface area contributed by atoms with Crippen molar-refractivity contribution >= 4 is 82.9 Å². The molecule has 0 fully saturated rings. The molecule has 3 heterocycles. The van der Waals surface area contributed by atoms with E-state index in [0.29, 0.717) is 0 Å². The van der Waals surface area contributed by atoms with Crippen LogP contribution in [0.25, 0.3) is 88.1 Å². The van der Waals surface area contributed by atoms with E-state index < -0.39 is 0 Å². The van der Waals surface area contributed by atoms with Crippen molar-refractivity contribution in [3.63, 3.8) is 0 Å². The van der Waals surface area contributed by atoms with E-state index in [4.69, 9.17) is 13.3 Å². The molecule has 8 aromatic carbocycles. The minimum Gasteiger partial charge on any atom is -0.456 e. The SMILES string of the molecule is c1ccc(-c2ccccc2N(c2ccc(-c3ccc4c(c3)oc3ccc5oc6ccccc6c5c34)cc2)c2cccc3oc4ccccc4c23)cc1. The lowest BCUT2D eigenvalue weighted by atomic mass is 9.99. The second kappa shape index (κ2) is 11.2. The Morgan fingerprint density at radius 3 is 1.60 bits per heavy atom. The highest BCUT2D eigenvalue weighted by Gasteiger charge is 2.22. The van der Waals surface area contributed by atoms with Crippen molar-refractivity contribution in [1.29, 1.82) is 0 Å². The van der Waals surface area contributed by atoms with Crippen molar-refractivity contribution in [1.82, 2.24) is 0 Å². The Kier molecular flexibility index (Phi) is 6.22. The van der Waals surface area contributed by atoms with Gasteiger partial charge < -0.3 is 18.2 Å². The van der Waals surface area contributed by atoms with Gasteiger partial charge in [-0.1, -0.05) is 109 Å². The molecule has 0 unspecified atom stereocenters. The maximum absolute atomic E-state index is 6.48. The molecular weight excluding hydrogens is 639 g/mol. The highest BCUT2D eigenvalue weighted by molar-refractivity contribution is 6.26. The first-order valence-corrected chi connectivity index (χ1v) is 17.5. The van der Waals surface area contributed by atoms with Gasteiger partial charge in [0.15, 0.2) is 0 Å². The van der Waals surface area contributed by atoms with Crippen LogP contribution in [0.1, 0.15) is 0 Å². The lowest BCUT2D eigenvalue weighted by Gasteiger charge is -2.28. The van der Waals surface area contributed by atoms with Gasteiger partial charge in [0.1, 0.15) is 33.5 Å². The number of fused-ring (bicyclic) bond motifs is 10. The van der Waals surface area contributed by atoms with Crippen LogP contribution in [-0.2, 0) is 0 Å². The Bertz CT molecular complexity index is 3130. The molecule has 0 aliphatic carbocycles. The van der Waals surface area contributed by atoms with Crippen molar-refractivity contribution in [2.75, 3.05) is 4.90 Å². The second-order valence-electron chi connectivity index (χ2n) is 13.2. The summed E-state index contributed by atoms with van der Waals surface area (Å²) in [5.41, 5.74) is 12.9. The Balaban J connectivity index is 1.07. The van der Waals surface area contributed by atoms with Gasteiger partial charge in [0.25, 0.3) is 0 Å². The summed E-state index contributed by atoms with van der Waals surface area (Å²) in [7, 11) is 0. The Morgan fingerprint density at radius 1 is 0.308 bits per heavy atom.